The molecule has 7 nitrogen and oxygen atoms in total. The Labute approximate surface area is 125 Å². The molecule has 0 spiro atoms. The van der Waals surface area contributed by atoms with Gasteiger partial charge in [0.05, 0.1) is 12.3 Å². The number of alkyl carbamates (subject to hydrolysis) is 1. The van der Waals surface area contributed by atoms with Crippen molar-refractivity contribution in [2.75, 3.05) is 6.61 Å². The molecule has 0 bridgehead atoms. The molecule has 1 aliphatic heterocycles. The first-order valence-corrected chi connectivity index (χ1v) is 7.49. The molecule has 1 amide bonds. The minimum Gasteiger partial charge on any atom is -0.444 e. The average Bonchev–Trinajstić information content (AvgIpc) is 2.84. The third kappa shape index (κ3) is 4.50. The predicted octanol–water partition coefficient (Wildman–Crippen LogP) is 0.981. The number of carbonyl (C=O) groups excluding carboxylic acids is 1. The van der Waals surface area contributed by atoms with Crippen LogP contribution in [0.25, 0.3) is 0 Å². The van der Waals surface area contributed by atoms with E-state index in [0.29, 0.717) is 0 Å². The second-order valence-corrected chi connectivity index (χ2v) is 6.58. The van der Waals surface area contributed by atoms with Gasteiger partial charge in [-0.15, -0.1) is 5.53 Å². The smallest absolute Gasteiger partial charge is 0.407 e. The Morgan fingerprint density at radius 1 is 1.52 bits per heavy atom. The van der Waals surface area contributed by atoms with Crippen LogP contribution in [0.4, 0.5) is 4.79 Å². The second-order valence-electron chi connectivity index (χ2n) is 6.58. The summed E-state index contributed by atoms with van der Waals surface area (Å²) in [7, 11) is 0. The Hall–Kier alpha value is -1.47. The van der Waals surface area contributed by atoms with Gasteiger partial charge in [-0.2, -0.15) is 0 Å². The van der Waals surface area contributed by atoms with Crippen molar-refractivity contribution in [2.45, 2.75) is 64.1 Å². The van der Waals surface area contributed by atoms with Crippen LogP contribution in [0.1, 0.15) is 46.5 Å². The van der Waals surface area contributed by atoms with Crippen LogP contribution < -0.4 is 16.3 Å². The molecule has 0 radical (unpaired) electrons. The van der Waals surface area contributed by atoms with Crippen molar-refractivity contribution < 1.29 is 14.6 Å². The van der Waals surface area contributed by atoms with Gasteiger partial charge in [-0.3, -0.25) is 5.01 Å². The lowest BCUT2D eigenvalue weighted by molar-refractivity contribution is 0.0460. The molecule has 4 N–H and O–H groups in total. The minimum absolute atomic E-state index is 0.0132. The number of aliphatic hydroxyl groups is 1. The van der Waals surface area contributed by atoms with E-state index in [4.69, 9.17) is 4.74 Å². The highest BCUT2D eigenvalue weighted by Crippen LogP contribution is 2.25. The number of aliphatic hydroxyl groups excluding tert-OH is 1. The Balaban J connectivity index is 1.86. The van der Waals surface area contributed by atoms with Crippen molar-refractivity contribution in [1.29, 1.82) is 0 Å². The van der Waals surface area contributed by atoms with Crippen LogP contribution in [-0.2, 0) is 4.74 Å². The largest absolute Gasteiger partial charge is 0.444 e. The summed E-state index contributed by atoms with van der Waals surface area (Å²) < 4.78 is 5.30. The highest BCUT2D eigenvalue weighted by molar-refractivity contribution is 5.68. The minimum atomic E-state index is -0.481. The number of nitrogens with one attached hydrogen (secondary N) is 3. The lowest BCUT2D eigenvalue weighted by Crippen LogP contribution is -2.51. The molecule has 21 heavy (non-hydrogen) atoms. The highest BCUT2D eigenvalue weighted by Gasteiger charge is 2.31. The number of hydrogen-bond donors (Lipinski definition) is 4. The zero-order chi connectivity index (χ0) is 15.5. The normalized spacial score (nSPS) is 26.1. The molecular formula is C14H26N4O3. The van der Waals surface area contributed by atoms with E-state index in [2.05, 4.69) is 16.3 Å². The maximum atomic E-state index is 11.8. The van der Waals surface area contributed by atoms with Crippen LogP contribution in [-0.4, -0.2) is 40.5 Å². The molecular weight excluding hydrogens is 272 g/mol. The number of amides is 1. The van der Waals surface area contributed by atoms with Crippen molar-refractivity contribution in [3.63, 3.8) is 0 Å². The molecule has 0 aromatic carbocycles. The van der Waals surface area contributed by atoms with Crippen LogP contribution >= 0.6 is 0 Å². The first-order chi connectivity index (χ1) is 9.89. The summed E-state index contributed by atoms with van der Waals surface area (Å²) in [4.78, 5) is 11.8. The van der Waals surface area contributed by atoms with Crippen molar-refractivity contribution in [3.05, 3.63) is 11.9 Å². The maximum Gasteiger partial charge on any atom is 0.407 e. The van der Waals surface area contributed by atoms with E-state index in [1.807, 2.05) is 25.8 Å². The quantitative estimate of drug-likeness (QED) is 0.621. The summed E-state index contributed by atoms with van der Waals surface area (Å²) in [6.07, 6.45) is 5.23. The fourth-order valence-corrected chi connectivity index (χ4v) is 2.78. The van der Waals surface area contributed by atoms with E-state index in [9.17, 15) is 9.90 Å². The third-order valence-electron chi connectivity index (χ3n) is 3.63. The third-order valence-corrected chi connectivity index (χ3v) is 3.63. The molecule has 7 heteroatoms. The first-order valence-electron chi connectivity index (χ1n) is 7.49. The summed E-state index contributed by atoms with van der Waals surface area (Å²) in [5.74, 6) is 0. The summed E-state index contributed by atoms with van der Waals surface area (Å²) in [5, 5.41) is 14.2. The Morgan fingerprint density at radius 2 is 2.29 bits per heavy atom. The van der Waals surface area contributed by atoms with E-state index in [1.54, 1.807) is 6.20 Å². The number of nitrogens with zero attached hydrogens (tertiary/aromatic N) is 1. The van der Waals surface area contributed by atoms with Gasteiger partial charge >= 0.3 is 6.09 Å². The number of hydrogen-bond acceptors (Lipinski definition) is 6. The molecule has 1 heterocycles. The van der Waals surface area contributed by atoms with Crippen molar-refractivity contribution in [2.24, 2.45) is 0 Å². The Bertz CT molecular complexity index is 406. The number of hydrazine groups is 2. The molecule has 2 atom stereocenters. The number of rotatable bonds is 3. The van der Waals surface area contributed by atoms with Gasteiger partial charge in [0.15, 0.2) is 0 Å². The van der Waals surface area contributed by atoms with Gasteiger partial charge in [-0.25, -0.2) is 4.79 Å². The molecule has 0 saturated heterocycles. The SMILES string of the molecule is CC(C)(C)OC(=O)NC1CCCC(N2NNC=C2CO)C1. The summed E-state index contributed by atoms with van der Waals surface area (Å²) in [6, 6.07) is 0.341. The lowest BCUT2D eigenvalue weighted by Gasteiger charge is -2.37. The molecule has 2 aliphatic rings. The van der Waals surface area contributed by atoms with Gasteiger partial charge in [-0.1, -0.05) is 0 Å². The lowest BCUT2D eigenvalue weighted by atomic mass is 9.90. The van der Waals surface area contributed by atoms with E-state index in [-0.39, 0.29) is 24.8 Å². The van der Waals surface area contributed by atoms with Gasteiger partial charge in [0, 0.05) is 18.3 Å². The van der Waals surface area contributed by atoms with Crippen LogP contribution in [0.2, 0.25) is 0 Å². The van der Waals surface area contributed by atoms with Gasteiger partial charge in [0.25, 0.3) is 0 Å². The van der Waals surface area contributed by atoms with Gasteiger partial charge < -0.3 is 20.6 Å². The van der Waals surface area contributed by atoms with Gasteiger partial charge in [-0.05, 0) is 46.5 Å². The Morgan fingerprint density at radius 3 is 2.95 bits per heavy atom. The standard InChI is InChI=1S/C14H26N4O3/c1-14(2,3)21-13(20)16-10-5-4-6-11(7-10)18-12(9-19)8-15-17-18/h8,10-11,15,17,19H,4-7,9H2,1-3H3,(H,16,20). The van der Waals surface area contributed by atoms with Gasteiger partial charge in [0.2, 0.25) is 0 Å². The average molecular weight is 298 g/mol. The van der Waals surface area contributed by atoms with Crippen molar-refractivity contribution in [1.82, 2.24) is 21.3 Å². The fourth-order valence-electron chi connectivity index (χ4n) is 2.78. The topological polar surface area (TPSA) is 85.9 Å². The van der Waals surface area contributed by atoms with Crippen LogP contribution in [0.5, 0.6) is 0 Å². The molecule has 0 aromatic rings. The summed E-state index contributed by atoms with van der Waals surface area (Å²) in [5.41, 5.74) is 6.26. The molecule has 2 unspecified atom stereocenters. The second kappa shape index (κ2) is 6.53. The van der Waals surface area contributed by atoms with E-state index in [0.717, 1.165) is 31.4 Å². The van der Waals surface area contributed by atoms with Crippen LogP contribution in [0.3, 0.4) is 0 Å². The first kappa shape index (κ1) is 15.9. The van der Waals surface area contributed by atoms with E-state index < -0.39 is 5.60 Å². The molecule has 120 valence electrons. The molecule has 1 saturated carbocycles. The summed E-state index contributed by atoms with van der Waals surface area (Å²) >= 11 is 0. The van der Waals surface area contributed by atoms with E-state index in [1.165, 1.54) is 0 Å². The van der Waals surface area contributed by atoms with Crippen molar-refractivity contribution in [3.8, 4) is 0 Å². The molecule has 1 fully saturated rings. The zero-order valence-electron chi connectivity index (χ0n) is 13.0. The van der Waals surface area contributed by atoms with Crippen LogP contribution in [0, 0.1) is 0 Å². The maximum absolute atomic E-state index is 11.8. The predicted molar refractivity (Wildman–Crippen MR) is 78.7 cm³/mol. The monoisotopic (exact) mass is 298 g/mol. The van der Waals surface area contributed by atoms with Crippen LogP contribution in [0.15, 0.2) is 11.9 Å². The number of carbonyl (C=O) groups is 1. The van der Waals surface area contributed by atoms with Crippen molar-refractivity contribution >= 4 is 6.09 Å². The molecule has 2 rings (SSSR count). The molecule has 1 aliphatic carbocycles. The fraction of sp³-hybridized carbons (Fsp3) is 0.786. The van der Waals surface area contributed by atoms with E-state index >= 15 is 0 Å². The highest BCUT2D eigenvalue weighted by atomic mass is 16.6. The number of ether oxygens (including phenoxy) is 1. The Kier molecular flexibility index (Phi) is 4.95. The zero-order valence-corrected chi connectivity index (χ0v) is 13.0. The summed E-state index contributed by atoms with van der Waals surface area (Å²) in [6.45, 7) is 5.55. The van der Waals surface area contributed by atoms with Gasteiger partial charge in [0.1, 0.15) is 5.60 Å². The molecule has 0 aromatic heterocycles.